The van der Waals surface area contributed by atoms with Gasteiger partial charge in [0.2, 0.25) is 17.7 Å². The van der Waals surface area contributed by atoms with Crippen LogP contribution in [0.3, 0.4) is 0 Å². The average Bonchev–Trinajstić information content (AvgIpc) is 3.77. The first-order valence-electron chi connectivity index (χ1n) is 18.1. The number of para-hydroxylation sites is 1. The summed E-state index contributed by atoms with van der Waals surface area (Å²) in [5, 5.41) is 15.3. The van der Waals surface area contributed by atoms with Gasteiger partial charge in [-0.1, -0.05) is 81.4 Å². The molecule has 13 heteroatoms. The molecule has 278 valence electrons. The van der Waals surface area contributed by atoms with Gasteiger partial charge in [-0.05, 0) is 55.2 Å². The van der Waals surface area contributed by atoms with Crippen LogP contribution in [0, 0.1) is 17.8 Å². The number of primary amides is 1. The summed E-state index contributed by atoms with van der Waals surface area (Å²) in [5.41, 5.74) is 15.1. The van der Waals surface area contributed by atoms with Crippen LogP contribution in [-0.2, 0) is 38.6 Å². The third-order valence-electron chi connectivity index (χ3n) is 9.17. The Bertz CT molecular complexity index is 1810. The molecule has 0 aliphatic rings. The van der Waals surface area contributed by atoms with Crippen molar-refractivity contribution in [3.05, 3.63) is 83.8 Å². The molecule has 0 aliphatic carbocycles. The predicted molar refractivity (Wildman–Crippen MR) is 202 cm³/mol. The Balaban J connectivity index is 1.46. The van der Waals surface area contributed by atoms with Crippen molar-refractivity contribution in [2.75, 3.05) is 6.54 Å². The van der Waals surface area contributed by atoms with E-state index in [-0.39, 0.29) is 42.9 Å². The lowest BCUT2D eigenvalue weighted by Crippen LogP contribution is -2.46. The van der Waals surface area contributed by atoms with Gasteiger partial charge >= 0.3 is 0 Å². The Hall–Kier alpha value is -5.33. The fourth-order valence-corrected chi connectivity index (χ4v) is 6.18. The van der Waals surface area contributed by atoms with E-state index < -0.39 is 29.8 Å². The van der Waals surface area contributed by atoms with Crippen LogP contribution in [0.4, 0.5) is 0 Å². The third kappa shape index (κ3) is 11.6. The highest BCUT2D eigenvalue weighted by molar-refractivity contribution is 5.93. The van der Waals surface area contributed by atoms with Gasteiger partial charge in [-0.15, -0.1) is 5.10 Å². The van der Waals surface area contributed by atoms with E-state index in [4.69, 9.17) is 11.5 Å². The van der Waals surface area contributed by atoms with Crippen LogP contribution in [0.5, 0.6) is 0 Å². The summed E-state index contributed by atoms with van der Waals surface area (Å²) in [5.74, 6) is -1.77. The highest BCUT2D eigenvalue weighted by Gasteiger charge is 2.31. The summed E-state index contributed by atoms with van der Waals surface area (Å²) in [6, 6.07) is 15.9. The molecule has 52 heavy (non-hydrogen) atoms. The number of aromatic nitrogens is 4. The van der Waals surface area contributed by atoms with Crippen molar-refractivity contribution in [1.29, 1.82) is 0 Å². The number of amidine groups is 1. The minimum atomic E-state index is -0.890. The van der Waals surface area contributed by atoms with Crippen molar-refractivity contribution in [2.24, 2.45) is 34.2 Å². The van der Waals surface area contributed by atoms with Crippen LogP contribution in [0.15, 0.2) is 72.0 Å². The van der Waals surface area contributed by atoms with Gasteiger partial charge in [0, 0.05) is 48.3 Å². The maximum absolute atomic E-state index is 14.0. The van der Waals surface area contributed by atoms with Crippen LogP contribution in [0.2, 0.25) is 0 Å². The number of hydrogen-bond acceptors (Lipinski definition) is 7. The molecule has 4 aromatic rings. The molecule has 0 bridgehead atoms. The van der Waals surface area contributed by atoms with Gasteiger partial charge in [-0.3, -0.25) is 24.2 Å². The van der Waals surface area contributed by atoms with E-state index in [1.54, 1.807) is 6.20 Å². The number of benzene rings is 2. The molecule has 0 spiro atoms. The molecule has 4 atom stereocenters. The predicted octanol–water partition coefficient (Wildman–Crippen LogP) is 4.18. The van der Waals surface area contributed by atoms with E-state index in [1.165, 1.54) is 4.68 Å². The van der Waals surface area contributed by atoms with E-state index in [9.17, 15) is 19.2 Å². The van der Waals surface area contributed by atoms with E-state index in [2.05, 4.69) is 30.9 Å². The highest BCUT2D eigenvalue weighted by Crippen LogP contribution is 2.24. The molecule has 0 radical (unpaired) electrons. The van der Waals surface area contributed by atoms with Gasteiger partial charge in [0.15, 0.2) is 5.78 Å². The molecule has 4 rings (SSSR count). The first-order valence-corrected chi connectivity index (χ1v) is 18.1. The van der Waals surface area contributed by atoms with Crippen molar-refractivity contribution in [1.82, 2.24) is 30.6 Å². The van der Waals surface area contributed by atoms with Gasteiger partial charge in [0.1, 0.15) is 11.7 Å². The molecule has 7 N–H and O–H groups in total. The van der Waals surface area contributed by atoms with Gasteiger partial charge < -0.3 is 27.1 Å². The van der Waals surface area contributed by atoms with E-state index in [1.807, 2.05) is 88.5 Å². The molecule has 0 aliphatic heterocycles. The molecule has 3 amide bonds. The molecule has 0 fully saturated rings. The van der Waals surface area contributed by atoms with Crippen molar-refractivity contribution >= 4 is 40.2 Å². The summed E-state index contributed by atoms with van der Waals surface area (Å²) >= 11 is 0. The molecule has 0 saturated carbocycles. The van der Waals surface area contributed by atoms with Crippen LogP contribution in [0.25, 0.3) is 10.9 Å². The second kappa shape index (κ2) is 19.3. The number of nitrogens with two attached hydrogens (primary N) is 2. The topological polar surface area (TPSA) is 203 Å². The molecule has 0 unspecified atom stereocenters. The summed E-state index contributed by atoms with van der Waals surface area (Å²) in [6.07, 6.45) is 6.07. The fourth-order valence-electron chi connectivity index (χ4n) is 6.18. The second-order valence-electron chi connectivity index (χ2n) is 13.9. The molecule has 2 heterocycles. The third-order valence-corrected chi connectivity index (χ3v) is 9.17. The Morgan fingerprint density at radius 3 is 2.40 bits per heavy atom. The normalized spacial score (nSPS) is 14.1. The van der Waals surface area contributed by atoms with Gasteiger partial charge in [-0.25, -0.2) is 4.68 Å². The van der Waals surface area contributed by atoms with Gasteiger partial charge in [0.25, 0.3) is 0 Å². The monoisotopic (exact) mass is 711 g/mol. The van der Waals surface area contributed by atoms with Gasteiger partial charge in [0.05, 0.1) is 24.6 Å². The average molecular weight is 712 g/mol. The van der Waals surface area contributed by atoms with Crippen molar-refractivity contribution in [3.63, 3.8) is 0 Å². The first kappa shape index (κ1) is 39.5. The number of nitrogens with one attached hydrogen (secondary N) is 3. The number of amides is 3. The number of aromatic amines is 1. The lowest BCUT2D eigenvalue weighted by atomic mass is 9.90. The fraction of sp³-hybridized carbons (Fsp3) is 0.462. The number of ketones is 1. The minimum Gasteiger partial charge on any atom is -0.387 e. The lowest BCUT2D eigenvalue weighted by molar-refractivity contribution is -0.132. The zero-order valence-electron chi connectivity index (χ0n) is 30.7. The summed E-state index contributed by atoms with van der Waals surface area (Å²) in [7, 11) is 0. The quantitative estimate of drug-likeness (QED) is 0.0484. The van der Waals surface area contributed by atoms with Crippen LogP contribution in [0.1, 0.15) is 82.7 Å². The molecule has 13 nitrogen and oxygen atoms in total. The number of H-pyrrole nitrogens is 1. The number of Topliss-reactive ketones (excluding diaryl/α,β-unsaturated/α-hetero) is 1. The Labute approximate surface area is 305 Å². The molecule has 0 saturated heterocycles. The molecule has 2 aromatic heterocycles. The van der Waals surface area contributed by atoms with Crippen molar-refractivity contribution in [2.45, 2.75) is 91.3 Å². The zero-order chi connectivity index (χ0) is 37.6. The Kier molecular flexibility index (Phi) is 14.7. The second-order valence-corrected chi connectivity index (χ2v) is 13.9. The maximum atomic E-state index is 14.0. The standard InChI is InChI=1S/C39H53N9O4/c1-5-36(40)42-17-11-16-33(35(49)21-28(37(41)50)20-29-22-43-32-15-10-9-14-31(29)32)45-39(52)34(18-25(2)3)48-24-30(46-47-48)23-44-38(51)26(4)19-27-12-7-6-8-13-27/h6-10,12-15,22,24-26,28,33-34,43H,5,11,16-21,23H2,1-4H3,(H2,40,42)(H2,41,50)(H,44,51)(H,45,52)/t26-,28+,33-,34-/m0/s1. The lowest BCUT2D eigenvalue weighted by Gasteiger charge is -2.24. The number of hydrogen-bond donors (Lipinski definition) is 5. The van der Waals surface area contributed by atoms with Crippen LogP contribution >= 0.6 is 0 Å². The summed E-state index contributed by atoms with van der Waals surface area (Å²) in [6.45, 7) is 8.32. The highest BCUT2D eigenvalue weighted by atomic mass is 16.2. The smallest absolute Gasteiger partial charge is 0.245 e. The number of carbonyl (C=O) groups is 4. The van der Waals surface area contributed by atoms with E-state index >= 15 is 0 Å². The number of fused-ring (bicyclic) bond motifs is 1. The van der Waals surface area contributed by atoms with Crippen molar-refractivity contribution in [3.8, 4) is 0 Å². The minimum absolute atomic E-state index is 0.109. The molecule has 2 aromatic carbocycles. The van der Waals surface area contributed by atoms with Crippen LogP contribution in [-0.4, -0.2) is 61.9 Å². The largest absolute Gasteiger partial charge is 0.387 e. The molecular formula is C39H53N9O4. The zero-order valence-corrected chi connectivity index (χ0v) is 30.7. The Morgan fingerprint density at radius 2 is 1.69 bits per heavy atom. The molecular weight excluding hydrogens is 658 g/mol. The Morgan fingerprint density at radius 1 is 0.962 bits per heavy atom. The van der Waals surface area contributed by atoms with Gasteiger partial charge in [-0.2, -0.15) is 0 Å². The van der Waals surface area contributed by atoms with E-state index in [0.717, 1.165) is 22.0 Å². The van der Waals surface area contributed by atoms with E-state index in [0.29, 0.717) is 50.2 Å². The number of carbonyl (C=O) groups excluding carboxylic acids is 4. The number of nitrogens with zero attached hydrogens (tertiary/aromatic N) is 4. The van der Waals surface area contributed by atoms with Crippen LogP contribution < -0.4 is 22.1 Å². The summed E-state index contributed by atoms with van der Waals surface area (Å²) in [4.78, 5) is 60.9. The van der Waals surface area contributed by atoms with Crippen molar-refractivity contribution < 1.29 is 19.2 Å². The SMILES string of the molecule is CCC(N)=NCCC[C@H](NC(=O)[C@H](CC(C)C)n1cc(CNC(=O)[C@@H](C)Cc2ccccc2)nn1)C(=O)C[C@@H](Cc1c[nH]c2ccccc12)C(N)=O. The number of aliphatic imine (C=N–C) groups is 1. The summed E-state index contributed by atoms with van der Waals surface area (Å²) < 4.78 is 1.49. The maximum Gasteiger partial charge on any atom is 0.245 e. The first-order chi connectivity index (χ1) is 24.9. The number of rotatable bonds is 21.